The molecule has 1 rings (SSSR count). The molecule has 0 aliphatic carbocycles. The summed E-state index contributed by atoms with van der Waals surface area (Å²) >= 11 is 0. The van der Waals surface area contributed by atoms with E-state index < -0.39 is 0 Å². The highest BCUT2D eigenvalue weighted by Gasteiger charge is 2.10. The van der Waals surface area contributed by atoms with E-state index in [1.165, 1.54) is 0 Å². The Balaban J connectivity index is 2.22. The molecular weight excluding hydrogens is 106 g/mol. The van der Waals surface area contributed by atoms with Gasteiger partial charge in [-0.25, -0.2) is 5.48 Å². The van der Waals surface area contributed by atoms with Crippen molar-refractivity contribution in [3.05, 3.63) is 0 Å². The van der Waals surface area contributed by atoms with E-state index in [1.54, 1.807) is 0 Å². The van der Waals surface area contributed by atoms with Crippen LogP contribution in [0, 0.1) is 0 Å². The zero-order valence-corrected chi connectivity index (χ0v) is 4.59. The number of hydrogen-bond acceptors (Lipinski definition) is 3. The summed E-state index contributed by atoms with van der Waals surface area (Å²) < 4.78 is 0. The number of carbonyl (C=O) groups excluding carboxylic acids is 1. The Morgan fingerprint density at radius 3 is 3.00 bits per heavy atom. The van der Waals surface area contributed by atoms with Crippen LogP contribution in [0.1, 0.15) is 12.8 Å². The third kappa shape index (κ3) is 1.28. The van der Waals surface area contributed by atoms with Gasteiger partial charge in [0.05, 0.1) is 0 Å². The van der Waals surface area contributed by atoms with E-state index in [4.69, 9.17) is 4.84 Å². The van der Waals surface area contributed by atoms with Crippen LogP contribution in [0.5, 0.6) is 0 Å². The van der Waals surface area contributed by atoms with Gasteiger partial charge in [0.1, 0.15) is 6.10 Å². The minimum absolute atomic E-state index is 0.205. The first kappa shape index (κ1) is 5.72. The number of rotatable bonds is 1. The summed E-state index contributed by atoms with van der Waals surface area (Å²) in [6, 6.07) is 0. The molecular formula is C5H9NO2. The summed E-state index contributed by atoms with van der Waals surface area (Å²) in [7, 11) is 0. The average molecular weight is 115 g/mol. The van der Waals surface area contributed by atoms with Crippen LogP contribution in [0.3, 0.4) is 0 Å². The van der Waals surface area contributed by atoms with E-state index in [-0.39, 0.29) is 6.10 Å². The molecule has 0 spiro atoms. The maximum absolute atomic E-state index is 9.99. The molecule has 1 fully saturated rings. The van der Waals surface area contributed by atoms with E-state index in [0.29, 0.717) is 0 Å². The molecule has 1 aliphatic rings. The van der Waals surface area contributed by atoms with Crippen molar-refractivity contribution in [2.75, 3.05) is 6.54 Å². The molecule has 1 aliphatic heterocycles. The Morgan fingerprint density at radius 1 is 1.75 bits per heavy atom. The van der Waals surface area contributed by atoms with Gasteiger partial charge in [-0.05, 0) is 12.8 Å². The zero-order chi connectivity index (χ0) is 5.82. The maximum Gasteiger partial charge on any atom is 0.150 e. The van der Waals surface area contributed by atoms with Crippen molar-refractivity contribution in [1.29, 1.82) is 0 Å². The fourth-order valence-corrected chi connectivity index (χ4v) is 0.696. The van der Waals surface area contributed by atoms with Gasteiger partial charge in [-0.15, -0.1) is 0 Å². The SMILES string of the molecule is O=CC1CCCNO1. The van der Waals surface area contributed by atoms with Gasteiger partial charge >= 0.3 is 0 Å². The topological polar surface area (TPSA) is 38.3 Å². The van der Waals surface area contributed by atoms with Crippen LogP contribution in [-0.4, -0.2) is 18.9 Å². The molecule has 46 valence electrons. The van der Waals surface area contributed by atoms with Crippen molar-refractivity contribution in [3.63, 3.8) is 0 Å². The van der Waals surface area contributed by atoms with Gasteiger partial charge in [-0.2, -0.15) is 0 Å². The largest absolute Gasteiger partial charge is 0.300 e. The molecule has 1 N–H and O–H groups in total. The highest BCUT2D eigenvalue weighted by Crippen LogP contribution is 2.01. The molecule has 0 amide bonds. The van der Waals surface area contributed by atoms with E-state index >= 15 is 0 Å². The fraction of sp³-hybridized carbons (Fsp3) is 0.800. The standard InChI is InChI=1S/C5H9NO2/c7-4-5-2-1-3-6-8-5/h4-6H,1-3H2. The first-order chi connectivity index (χ1) is 3.93. The van der Waals surface area contributed by atoms with Crippen LogP contribution >= 0.6 is 0 Å². The van der Waals surface area contributed by atoms with E-state index in [1.807, 2.05) is 0 Å². The summed E-state index contributed by atoms with van der Waals surface area (Å²) in [6.45, 7) is 0.865. The summed E-state index contributed by atoms with van der Waals surface area (Å²) in [6.07, 6.45) is 2.51. The second kappa shape index (κ2) is 2.79. The minimum atomic E-state index is -0.205. The lowest BCUT2D eigenvalue weighted by Crippen LogP contribution is -2.31. The summed E-state index contributed by atoms with van der Waals surface area (Å²) in [5.74, 6) is 0. The predicted molar refractivity (Wildman–Crippen MR) is 28.2 cm³/mol. The molecule has 3 heteroatoms. The van der Waals surface area contributed by atoms with Crippen LogP contribution < -0.4 is 5.48 Å². The Morgan fingerprint density at radius 2 is 2.62 bits per heavy atom. The van der Waals surface area contributed by atoms with Crippen LogP contribution in [0.15, 0.2) is 0 Å². The Labute approximate surface area is 48.0 Å². The summed E-state index contributed by atoms with van der Waals surface area (Å²) in [4.78, 5) is 14.8. The molecule has 1 saturated heterocycles. The first-order valence-corrected chi connectivity index (χ1v) is 2.77. The molecule has 8 heavy (non-hydrogen) atoms. The lowest BCUT2D eigenvalue weighted by Gasteiger charge is -2.16. The minimum Gasteiger partial charge on any atom is -0.300 e. The third-order valence-electron chi connectivity index (χ3n) is 1.15. The predicted octanol–water partition coefficient (Wildman–Crippen LogP) is -0.131. The molecule has 0 bridgehead atoms. The van der Waals surface area contributed by atoms with Crippen molar-refractivity contribution in [2.45, 2.75) is 18.9 Å². The highest BCUT2D eigenvalue weighted by atomic mass is 16.7. The normalized spacial score (nSPS) is 29.8. The van der Waals surface area contributed by atoms with Gasteiger partial charge in [0.15, 0.2) is 6.29 Å². The number of carbonyl (C=O) groups is 1. The Hall–Kier alpha value is -0.410. The summed E-state index contributed by atoms with van der Waals surface area (Å²) in [5.41, 5.74) is 2.65. The van der Waals surface area contributed by atoms with E-state index in [2.05, 4.69) is 5.48 Å². The third-order valence-corrected chi connectivity index (χ3v) is 1.15. The quantitative estimate of drug-likeness (QED) is 0.484. The fourth-order valence-electron chi connectivity index (χ4n) is 0.696. The number of hydroxylamine groups is 1. The van der Waals surface area contributed by atoms with Gasteiger partial charge in [0.25, 0.3) is 0 Å². The van der Waals surface area contributed by atoms with Gasteiger partial charge in [0.2, 0.25) is 0 Å². The van der Waals surface area contributed by atoms with Crippen LogP contribution in [0.4, 0.5) is 0 Å². The zero-order valence-electron chi connectivity index (χ0n) is 4.59. The average Bonchev–Trinajstić information content (AvgIpc) is 1.90. The van der Waals surface area contributed by atoms with Gasteiger partial charge < -0.3 is 4.79 Å². The lowest BCUT2D eigenvalue weighted by molar-refractivity contribution is -0.127. The molecule has 0 aromatic carbocycles. The molecule has 3 nitrogen and oxygen atoms in total. The molecule has 0 radical (unpaired) electrons. The summed E-state index contributed by atoms with van der Waals surface area (Å²) in [5, 5.41) is 0. The van der Waals surface area contributed by atoms with Crippen molar-refractivity contribution in [2.24, 2.45) is 0 Å². The lowest BCUT2D eigenvalue weighted by atomic mass is 10.2. The Kier molecular flexibility index (Phi) is 2.00. The second-order valence-corrected chi connectivity index (χ2v) is 1.83. The monoisotopic (exact) mass is 115 g/mol. The number of nitrogens with one attached hydrogen (secondary N) is 1. The Bertz CT molecular complexity index is 78.5. The van der Waals surface area contributed by atoms with Crippen LogP contribution in [-0.2, 0) is 9.63 Å². The molecule has 1 atom stereocenters. The maximum atomic E-state index is 9.99. The molecule has 0 saturated carbocycles. The van der Waals surface area contributed by atoms with Crippen molar-refractivity contribution in [1.82, 2.24) is 5.48 Å². The smallest absolute Gasteiger partial charge is 0.150 e. The van der Waals surface area contributed by atoms with Crippen molar-refractivity contribution >= 4 is 6.29 Å². The van der Waals surface area contributed by atoms with Gasteiger partial charge in [-0.3, -0.25) is 4.84 Å². The number of hydrogen-bond donors (Lipinski definition) is 1. The van der Waals surface area contributed by atoms with Crippen LogP contribution in [0.2, 0.25) is 0 Å². The molecule has 1 unspecified atom stereocenters. The van der Waals surface area contributed by atoms with Crippen molar-refractivity contribution in [3.8, 4) is 0 Å². The second-order valence-electron chi connectivity index (χ2n) is 1.83. The van der Waals surface area contributed by atoms with Crippen LogP contribution in [0.25, 0.3) is 0 Å². The van der Waals surface area contributed by atoms with E-state index in [0.717, 1.165) is 25.7 Å². The van der Waals surface area contributed by atoms with Crippen molar-refractivity contribution < 1.29 is 9.63 Å². The molecule has 0 aromatic rings. The highest BCUT2D eigenvalue weighted by molar-refractivity contribution is 5.55. The molecule has 1 heterocycles. The first-order valence-electron chi connectivity index (χ1n) is 2.77. The van der Waals surface area contributed by atoms with Gasteiger partial charge in [-0.1, -0.05) is 0 Å². The van der Waals surface area contributed by atoms with Gasteiger partial charge in [0, 0.05) is 6.54 Å². The molecule has 0 aromatic heterocycles. The number of aldehydes is 1. The van der Waals surface area contributed by atoms with E-state index in [9.17, 15) is 4.79 Å².